The van der Waals surface area contributed by atoms with E-state index in [2.05, 4.69) is 11.9 Å². The summed E-state index contributed by atoms with van der Waals surface area (Å²) in [6.07, 6.45) is 1.71. The van der Waals surface area contributed by atoms with Gasteiger partial charge in [-0.15, -0.1) is 0 Å². The van der Waals surface area contributed by atoms with E-state index in [0.717, 1.165) is 35.6 Å². The molecule has 0 saturated heterocycles. The quantitative estimate of drug-likeness (QED) is 0.764. The molecule has 0 aliphatic carbocycles. The Morgan fingerprint density at radius 2 is 1.96 bits per heavy atom. The van der Waals surface area contributed by atoms with Crippen LogP contribution in [0.3, 0.4) is 0 Å². The number of methoxy groups -OCH3 is 2. The monoisotopic (exact) mass is 383 g/mol. The van der Waals surface area contributed by atoms with Crippen LogP contribution >= 0.6 is 0 Å². The highest BCUT2D eigenvalue weighted by Crippen LogP contribution is 2.50. The van der Waals surface area contributed by atoms with Gasteiger partial charge in [0.25, 0.3) is 0 Å². The molecule has 6 nitrogen and oxygen atoms in total. The molecule has 2 aliphatic rings. The highest BCUT2D eigenvalue weighted by atomic mass is 16.7. The molecule has 0 spiro atoms. The van der Waals surface area contributed by atoms with E-state index in [-0.39, 0.29) is 18.6 Å². The summed E-state index contributed by atoms with van der Waals surface area (Å²) in [5.41, 5.74) is 3.20. The minimum atomic E-state index is -0.0426. The molecule has 148 valence electrons. The number of nitrogens with zero attached hydrogens (tertiary/aromatic N) is 1. The van der Waals surface area contributed by atoms with Gasteiger partial charge in [0.2, 0.25) is 12.5 Å². The molecular weight excluding hydrogens is 358 g/mol. The van der Waals surface area contributed by atoms with Gasteiger partial charge in [-0.2, -0.15) is 0 Å². The van der Waals surface area contributed by atoms with E-state index >= 15 is 0 Å². The van der Waals surface area contributed by atoms with Crippen molar-refractivity contribution in [2.45, 2.75) is 25.3 Å². The van der Waals surface area contributed by atoms with E-state index in [9.17, 15) is 4.79 Å². The van der Waals surface area contributed by atoms with Crippen molar-refractivity contribution in [2.75, 3.05) is 34.6 Å². The minimum Gasteiger partial charge on any atom is -0.497 e. The summed E-state index contributed by atoms with van der Waals surface area (Å²) < 4.78 is 22.1. The van der Waals surface area contributed by atoms with Crippen LogP contribution in [0.1, 0.15) is 29.2 Å². The minimum absolute atomic E-state index is 0.0426. The Hall–Kier alpha value is -2.73. The molecule has 1 atom stereocenters. The number of carbonyl (C=O) groups excluding carboxylic acids is 1. The van der Waals surface area contributed by atoms with Crippen molar-refractivity contribution >= 4 is 5.78 Å². The Morgan fingerprint density at radius 3 is 2.68 bits per heavy atom. The Kier molecular flexibility index (Phi) is 5.13. The largest absolute Gasteiger partial charge is 0.497 e. The lowest BCUT2D eigenvalue weighted by atomic mass is 9.87. The van der Waals surface area contributed by atoms with E-state index in [1.807, 2.05) is 30.3 Å². The van der Waals surface area contributed by atoms with Gasteiger partial charge in [0.05, 0.1) is 14.2 Å². The fourth-order valence-electron chi connectivity index (χ4n) is 4.04. The van der Waals surface area contributed by atoms with Gasteiger partial charge in [-0.1, -0.05) is 12.1 Å². The van der Waals surface area contributed by atoms with E-state index in [0.29, 0.717) is 24.3 Å². The van der Waals surface area contributed by atoms with Crippen molar-refractivity contribution in [2.24, 2.45) is 0 Å². The molecule has 28 heavy (non-hydrogen) atoms. The van der Waals surface area contributed by atoms with Crippen LogP contribution in [-0.2, 0) is 17.6 Å². The Labute approximate surface area is 165 Å². The standard InChI is InChI=1S/C22H25NO5/c1-23-9-8-15-11-19-21(28-13-27-19)22(26-3)20(15)18(23)12-16(24)10-14-4-6-17(25-2)7-5-14/h4-7,11,18H,8-10,12-13H2,1-3H3/t18-/m0/s1. The Morgan fingerprint density at radius 1 is 1.18 bits per heavy atom. The highest BCUT2D eigenvalue weighted by molar-refractivity contribution is 5.82. The van der Waals surface area contributed by atoms with E-state index in [4.69, 9.17) is 18.9 Å². The second-order valence-electron chi connectivity index (χ2n) is 7.23. The molecule has 0 N–H and O–H groups in total. The molecule has 0 amide bonds. The number of Topliss-reactive ketones (excluding diaryl/α,β-unsaturated/α-hetero) is 1. The Balaban J connectivity index is 1.59. The first-order valence-corrected chi connectivity index (χ1v) is 9.45. The summed E-state index contributed by atoms with van der Waals surface area (Å²) in [6.45, 7) is 1.09. The van der Waals surface area contributed by atoms with Gasteiger partial charge in [-0.25, -0.2) is 0 Å². The molecule has 2 aromatic carbocycles. The molecule has 0 unspecified atom stereocenters. The van der Waals surface area contributed by atoms with Crippen LogP contribution < -0.4 is 18.9 Å². The number of rotatable bonds is 6. The lowest BCUT2D eigenvalue weighted by Gasteiger charge is -2.35. The number of fused-ring (bicyclic) bond motifs is 2. The first-order chi connectivity index (χ1) is 13.6. The average Bonchev–Trinajstić information content (AvgIpc) is 3.17. The summed E-state index contributed by atoms with van der Waals surface area (Å²) in [5.74, 6) is 3.04. The number of ether oxygens (including phenoxy) is 4. The Bertz CT molecular complexity index is 877. The van der Waals surface area contributed by atoms with E-state index < -0.39 is 0 Å². The van der Waals surface area contributed by atoms with Crippen molar-refractivity contribution in [3.05, 3.63) is 47.0 Å². The molecule has 6 heteroatoms. The topological polar surface area (TPSA) is 57.2 Å². The molecular formula is C22H25NO5. The van der Waals surface area contributed by atoms with Crippen molar-refractivity contribution in [1.82, 2.24) is 4.90 Å². The lowest BCUT2D eigenvalue weighted by Crippen LogP contribution is -2.34. The molecule has 0 radical (unpaired) electrons. The molecule has 2 aliphatic heterocycles. The lowest BCUT2D eigenvalue weighted by molar-refractivity contribution is -0.119. The molecule has 2 aromatic rings. The molecule has 2 heterocycles. The van der Waals surface area contributed by atoms with Gasteiger partial charge >= 0.3 is 0 Å². The van der Waals surface area contributed by atoms with Crippen molar-refractivity contribution in [3.63, 3.8) is 0 Å². The molecule has 0 bridgehead atoms. The summed E-state index contributed by atoms with van der Waals surface area (Å²) in [7, 11) is 5.33. The predicted molar refractivity (Wildman–Crippen MR) is 105 cm³/mol. The maximum atomic E-state index is 12.9. The van der Waals surface area contributed by atoms with Crippen molar-refractivity contribution < 1.29 is 23.7 Å². The van der Waals surface area contributed by atoms with E-state index in [1.54, 1.807) is 14.2 Å². The van der Waals surface area contributed by atoms with Gasteiger partial charge in [0.15, 0.2) is 11.5 Å². The average molecular weight is 383 g/mol. The zero-order valence-corrected chi connectivity index (χ0v) is 16.5. The summed E-state index contributed by atoms with van der Waals surface area (Å²) in [5, 5.41) is 0. The SMILES string of the molecule is COc1ccc(CC(=O)C[C@H]2c3c(cc4c(c3OC)OCO4)CCN2C)cc1. The van der Waals surface area contributed by atoms with Crippen LogP contribution in [0.4, 0.5) is 0 Å². The van der Waals surface area contributed by atoms with Gasteiger partial charge in [0, 0.05) is 31.0 Å². The number of hydrogen-bond acceptors (Lipinski definition) is 6. The van der Waals surface area contributed by atoms with Crippen LogP contribution in [0.2, 0.25) is 0 Å². The smallest absolute Gasteiger partial charge is 0.231 e. The van der Waals surface area contributed by atoms with Crippen LogP contribution in [-0.4, -0.2) is 45.3 Å². The molecule has 0 fully saturated rings. The van der Waals surface area contributed by atoms with Gasteiger partial charge in [-0.05, 0) is 42.8 Å². The van der Waals surface area contributed by atoms with Crippen LogP contribution in [0.5, 0.6) is 23.0 Å². The summed E-state index contributed by atoms with van der Waals surface area (Å²) in [4.78, 5) is 15.1. The third-order valence-electron chi connectivity index (χ3n) is 5.53. The first-order valence-electron chi connectivity index (χ1n) is 9.45. The molecule has 4 rings (SSSR count). The number of carbonyl (C=O) groups is 1. The summed E-state index contributed by atoms with van der Waals surface area (Å²) in [6, 6.07) is 9.64. The first kappa shape index (κ1) is 18.6. The second kappa shape index (κ2) is 7.72. The molecule has 0 aromatic heterocycles. The van der Waals surface area contributed by atoms with Crippen LogP contribution in [0, 0.1) is 0 Å². The van der Waals surface area contributed by atoms with E-state index in [1.165, 1.54) is 5.56 Å². The number of likely N-dealkylation sites (N-methyl/N-ethyl adjacent to an activating group) is 1. The zero-order valence-electron chi connectivity index (χ0n) is 16.5. The van der Waals surface area contributed by atoms with Crippen molar-refractivity contribution in [1.29, 1.82) is 0 Å². The number of benzene rings is 2. The maximum Gasteiger partial charge on any atom is 0.231 e. The van der Waals surface area contributed by atoms with Gasteiger partial charge in [-0.3, -0.25) is 9.69 Å². The van der Waals surface area contributed by atoms with Gasteiger partial charge in [0.1, 0.15) is 11.5 Å². The fraction of sp³-hybridized carbons (Fsp3) is 0.409. The summed E-state index contributed by atoms with van der Waals surface area (Å²) >= 11 is 0. The highest BCUT2D eigenvalue weighted by Gasteiger charge is 2.34. The molecule has 0 saturated carbocycles. The number of hydrogen-bond donors (Lipinski definition) is 0. The number of ketones is 1. The second-order valence-corrected chi connectivity index (χ2v) is 7.23. The normalized spacial score (nSPS) is 17.9. The third-order valence-corrected chi connectivity index (χ3v) is 5.53. The maximum absolute atomic E-state index is 12.9. The van der Waals surface area contributed by atoms with Crippen LogP contribution in [0.15, 0.2) is 30.3 Å². The van der Waals surface area contributed by atoms with Crippen LogP contribution in [0.25, 0.3) is 0 Å². The zero-order chi connectivity index (χ0) is 19.7. The third kappa shape index (κ3) is 3.40. The fourth-order valence-corrected chi connectivity index (χ4v) is 4.04. The van der Waals surface area contributed by atoms with Gasteiger partial charge < -0.3 is 18.9 Å². The predicted octanol–water partition coefficient (Wildman–Crippen LogP) is 3.16. The van der Waals surface area contributed by atoms with Crippen molar-refractivity contribution in [3.8, 4) is 23.0 Å².